The van der Waals surface area contributed by atoms with Crippen LogP contribution in [0.3, 0.4) is 0 Å². The summed E-state index contributed by atoms with van der Waals surface area (Å²) in [6.07, 6.45) is 2.86. The zero-order valence-electron chi connectivity index (χ0n) is 14.6. The molecule has 134 valence electrons. The molecule has 1 aromatic heterocycles. The van der Waals surface area contributed by atoms with Crippen LogP contribution >= 0.6 is 0 Å². The molecule has 0 spiro atoms. The summed E-state index contributed by atoms with van der Waals surface area (Å²) in [4.78, 5) is 12.4. The minimum atomic E-state index is -0.109. The highest BCUT2D eigenvalue weighted by Gasteiger charge is 2.31. The molecular weight excluding hydrogens is 320 g/mol. The maximum atomic E-state index is 12.4. The molecule has 1 amide bonds. The van der Waals surface area contributed by atoms with Gasteiger partial charge in [0.25, 0.3) is 5.91 Å². The number of rotatable bonds is 8. The lowest BCUT2D eigenvalue weighted by Gasteiger charge is -2.17. The van der Waals surface area contributed by atoms with Gasteiger partial charge in [0.2, 0.25) is 0 Å². The molecule has 1 aliphatic rings. The molecule has 1 aromatic carbocycles. The zero-order chi connectivity index (χ0) is 17.8. The zero-order valence-corrected chi connectivity index (χ0v) is 14.6. The number of carbonyl (C=O) groups is 1. The third-order valence-corrected chi connectivity index (χ3v) is 4.63. The largest absolute Gasteiger partial charge is 0.489 e. The van der Waals surface area contributed by atoms with Crippen LogP contribution in [-0.2, 0) is 6.61 Å². The van der Waals surface area contributed by atoms with Gasteiger partial charge in [0.05, 0.1) is 11.3 Å². The smallest absolute Gasteiger partial charge is 0.251 e. The summed E-state index contributed by atoms with van der Waals surface area (Å²) in [5.74, 6) is 1.84. The van der Waals surface area contributed by atoms with Crippen molar-refractivity contribution in [3.8, 4) is 5.75 Å². The Kier molecular flexibility index (Phi) is 5.38. The fraction of sp³-hybridized carbons (Fsp3) is 0.474. The fourth-order valence-corrected chi connectivity index (χ4v) is 2.88. The maximum Gasteiger partial charge on any atom is 0.251 e. The van der Waals surface area contributed by atoms with Gasteiger partial charge in [-0.3, -0.25) is 4.79 Å². The summed E-state index contributed by atoms with van der Waals surface area (Å²) in [7, 11) is 0. The normalized spacial score (nSPS) is 15.0. The van der Waals surface area contributed by atoms with E-state index in [-0.39, 0.29) is 18.6 Å². The molecule has 0 aliphatic heterocycles. The topological polar surface area (TPSA) is 84.6 Å². The number of hydrogen-bond donors (Lipinski definition) is 2. The Bertz CT molecular complexity index is 700. The van der Waals surface area contributed by atoms with Gasteiger partial charge in [-0.05, 0) is 63.3 Å². The summed E-state index contributed by atoms with van der Waals surface area (Å²) in [6, 6.07) is 7.13. The lowest BCUT2D eigenvalue weighted by Crippen LogP contribution is -2.37. The van der Waals surface area contributed by atoms with E-state index in [2.05, 4.69) is 10.5 Å². The van der Waals surface area contributed by atoms with Crippen LogP contribution in [0.2, 0.25) is 0 Å². The summed E-state index contributed by atoms with van der Waals surface area (Å²) in [5, 5.41) is 16.1. The molecule has 1 fully saturated rings. The molecule has 1 heterocycles. The lowest BCUT2D eigenvalue weighted by atomic mass is 10.1. The van der Waals surface area contributed by atoms with Gasteiger partial charge in [0.15, 0.2) is 0 Å². The molecule has 25 heavy (non-hydrogen) atoms. The molecule has 0 bridgehead atoms. The molecule has 1 aliphatic carbocycles. The quantitative estimate of drug-likeness (QED) is 0.769. The molecule has 0 saturated heterocycles. The Balaban J connectivity index is 1.57. The molecule has 1 saturated carbocycles. The average molecular weight is 344 g/mol. The third kappa shape index (κ3) is 4.39. The van der Waals surface area contributed by atoms with Gasteiger partial charge in [-0.2, -0.15) is 0 Å². The van der Waals surface area contributed by atoms with Crippen LogP contribution in [0.15, 0.2) is 28.8 Å². The van der Waals surface area contributed by atoms with Gasteiger partial charge in [0, 0.05) is 18.2 Å². The first-order chi connectivity index (χ1) is 12.1. The van der Waals surface area contributed by atoms with Crippen molar-refractivity contribution in [1.29, 1.82) is 0 Å². The summed E-state index contributed by atoms with van der Waals surface area (Å²) in [6.45, 7) is 4.21. The van der Waals surface area contributed by atoms with E-state index < -0.39 is 0 Å². The molecule has 3 rings (SSSR count). The molecule has 6 nitrogen and oxygen atoms in total. The molecule has 2 N–H and O–H groups in total. The number of aryl methyl sites for hydroxylation is 2. The van der Waals surface area contributed by atoms with Crippen molar-refractivity contribution in [2.75, 3.05) is 6.61 Å². The number of aliphatic hydroxyl groups excluding tert-OH is 1. The number of nitrogens with one attached hydrogen (secondary N) is 1. The van der Waals surface area contributed by atoms with Crippen LogP contribution in [-0.4, -0.2) is 28.8 Å². The number of benzene rings is 1. The Morgan fingerprint density at radius 1 is 1.36 bits per heavy atom. The van der Waals surface area contributed by atoms with Crippen LogP contribution < -0.4 is 10.1 Å². The number of amides is 1. The monoisotopic (exact) mass is 344 g/mol. The van der Waals surface area contributed by atoms with E-state index in [1.54, 1.807) is 24.3 Å². The standard InChI is InChI=1S/C19H24N2O4/c1-12-17(13(2)25-21-12)11-24-16-7-5-15(6-8-16)19(23)20-18(9-10-22)14-3-4-14/h5-8,14,18,22H,3-4,9-11H2,1-2H3,(H,20,23). The van der Waals surface area contributed by atoms with E-state index >= 15 is 0 Å². The summed E-state index contributed by atoms with van der Waals surface area (Å²) >= 11 is 0. The second-order valence-electron chi connectivity index (χ2n) is 6.55. The van der Waals surface area contributed by atoms with Crippen molar-refractivity contribution in [1.82, 2.24) is 10.5 Å². The van der Waals surface area contributed by atoms with Crippen LogP contribution in [0.5, 0.6) is 5.75 Å². The van der Waals surface area contributed by atoms with E-state index in [9.17, 15) is 4.79 Å². The van der Waals surface area contributed by atoms with Crippen molar-refractivity contribution in [3.05, 3.63) is 46.8 Å². The van der Waals surface area contributed by atoms with Crippen molar-refractivity contribution >= 4 is 5.91 Å². The van der Waals surface area contributed by atoms with Crippen molar-refractivity contribution in [3.63, 3.8) is 0 Å². The van der Waals surface area contributed by atoms with E-state index in [1.807, 2.05) is 13.8 Å². The van der Waals surface area contributed by atoms with Gasteiger partial charge in [-0.25, -0.2) is 0 Å². The minimum absolute atomic E-state index is 0.0629. The minimum Gasteiger partial charge on any atom is -0.489 e. The highest BCUT2D eigenvalue weighted by molar-refractivity contribution is 5.94. The Hall–Kier alpha value is -2.34. The molecule has 1 atom stereocenters. The molecule has 2 aromatic rings. The van der Waals surface area contributed by atoms with Gasteiger partial charge in [0.1, 0.15) is 18.1 Å². The second-order valence-corrected chi connectivity index (χ2v) is 6.55. The van der Waals surface area contributed by atoms with E-state index in [1.165, 1.54) is 0 Å². The molecule has 1 unspecified atom stereocenters. The first-order valence-electron chi connectivity index (χ1n) is 8.65. The van der Waals surface area contributed by atoms with Crippen LogP contribution in [0.25, 0.3) is 0 Å². The number of carbonyl (C=O) groups excluding carboxylic acids is 1. The molecular formula is C19H24N2O4. The Morgan fingerprint density at radius 2 is 2.08 bits per heavy atom. The van der Waals surface area contributed by atoms with Crippen LogP contribution in [0.1, 0.15) is 46.6 Å². The van der Waals surface area contributed by atoms with Gasteiger partial charge < -0.3 is 19.7 Å². The Morgan fingerprint density at radius 3 is 2.64 bits per heavy atom. The fourth-order valence-electron chi connectivity index (χ4n) is 2.88. The molecule has 6 heteroatoms. The maximum absolute atomic E-state index is 12.4. The lowest BCUT2D eigenvalue weighted by molar-refractivity contribution is 0.0924. The number of hydrogen-bond acceptors (Lipinski definition) is 5. The van der Waals surface area contributed by atoms with Crippen molar-refractivity contribution in [2.24, 2.45) is 5.92 Å². The van der Waals surface area contributed by atoms with Gasteiger partial charge in [-0.1, -0.05) is 5.16 Å². The number of nitrogens with zero attached hydrogens (tertiary/aromatic N) is 1. The molecule has 0 radical (unpaired) electrons. The summed E-state index contributed by atoms with van der Waals surface area (Å²) in [5.41, 5.74) is 2.36. The van der Waals surface area contributed by atoms with Gasteiger partial charge >= 0.3 is 0 Å². The van der Waals surface area contributed by atoms with Crippen LogP contribution in [0, 0.1) is 19.8 Å². The predicted molar refractivity (Wildman–Crippen MR) is 92.4 cm³/mol. The highest BCUT2D eigenvalue weighted by Crippen LogP contribution is 2.34. The van der Waals surface area contributed by atoms with Crippen LogP contribution in [0.4, 0.5) is 0 Å². The first kappa shape index (κ1) is 17.5. The van der Waals surface area contributed by atoms with E-state index in [0.717, 1.165) is 29.9 Å². The average Bonchev–Trinajstić information content (AvgIpc) is 3.40. The van der Waals surface area contributed by atoms with Gasteiger partial charge in [-0.15, -0.1) is 0 Å². The number of aliphatic hydroxyl groups is 1. The predicted octanol–water partition coefficient (Wildman–Crippen LogP) is 2.76. The SMILES string of the molecule is Cc1noc(C)c1COc1ccc(C(=O)NC(CCO)C2CC2)cc1. The Labute approximate surface area is 147 Å². The number of ether oxygens (including phenoxy) is 1. The van der Waals surface area contributed by atoms with Crippen molar-refractivity contribution < 1.29 is 19.2 Å². The van der Waals surface area contributed by atoms with E-state index in [0.29, 0.717) is 30.3 Å². The first-order valence-corrected chi connectivity index (χ1v) is 8.65. The number of aromatic nitrogens is 1. The highest BCUT2D eigenvalue weighted by atomic mass is 16.5. The van der Waals surface area contributed by atoms with E-state index in [4.69, 9.17) is 14.4 Å². The third-order valence-electron chi connectivity index (χ3n) is 4.63. The summed E-state index contributed by atoms with van der Waals surface area (Å²) < 4.78 is 10.9. The van der Waals surface area contributed by atoms with Crippen molar-refractivity contribution in [2.45, 2.75) is 45.8 Å². The second kappa shape index (κ2) is 7.70.